The van der Waals surface area contributed by atoms with Crippen molar-refractivity contribution in [3.8, 4) is 0 Å². The molecule has 1 aromatic carbocycles. The molecule has 1 amide bonds. The fraction of sp³-hybridized carbons (Fsp3) is 0.417. The molecule has 0 unspecified atom stereocenters. The van der Waals surface area contributed by atoms with Crippen LogP contribution in [0.1, 0.15) is 17.5 Å². The van der Waals surface area contributed by atoms with Crippen molar-refractivity contribution in [1.29, 1.82) is 0 Å². The van der Waals surface area contributed by atoms with Gasteiger partial charge in [0.05, 0.1) is 0 Å². The van der Waals surface area contributed by atoms with E-state index in [9.17, 15) is 4.79 Å². The number of primary amides is 1. The first-order chi connectivity index (χ1) is 7.59. The summed E-state index contributed by atoms with van der Waals surface area (Å²) in [6.07, 6.45) is 1.32. The van der Waals surface area contributed by atoms with E-state index in [1.165, 1.54) is 5.56 Å². The molecule has 0 atom stereocenters. The van der Waals surface area contributed by atoms with Gasteiger partial charge in [-0.3, -0.25) is 4.79 Å². The lowest BCUT2D eigenvalue weighted by atomic mass is 10.1. The summed E-state index contributed by atoms with van der Waals surface area (Å²) in [6, 6.07) is 6.04. The molecule has 0 aliphatic heterocycles. The van der Waals surface area contributed by atoms with Crippen LogP contribution in [0, 0.1) is 6.92 Å². The Morgan fingerprint density at radius 2 is 2.12 bits per heavy atom. The summed E-state index contributed by atoms with van der Waals surface area (Å²) >= 11 is 0. The van der Waals surface area contributed by atoms with Gasteiger partial charge in [-0.2, -0.15) is 0 Å². The van der Waals surface area contributed by atoms with Gasteiger partial charge in [-0.05, 0) is 37.1 Å². The van der Waals surface area contributed by atoms with Crippen LogP contribution in [-0.4, -0.2) is 19.0 Å². The van der Waals surface area contributed by atoms with E-state index in [0.29, 0.717) is 13.0 Å². The Morgan fingerprint density at radius 3 is 2.75 bits per heavy atom. The first kappa shape index (κ1) is 12.5. The van der Waals surface area contributed by atoms with E-state index in [4.69, 9.17) is 11.5 Å². The van der Waals surface area contributed by atoms with Crippen molar-refractivity contribution in [3.05, 3.63) is 29.3 Å². The summed E-state index contributed by atoms with van der Waals surface area (Å²) in [5.41, 5.74) is 13.9. The monoisotopic (exact) mass is 221 g/mol. The average Bonchev–Trinajstić information content (AvgIpc) is 2.22. The number of benzene rings is 1. The smallest absolute Gasteiger partial charge is 0.218 e. The van der Waals surface area contributed by atoms with Crippen molar-refractivity contribution < 1.29 is 4.79 Å². The molecule has 4 nitrogen and oxygen atoms in total. The van der Waals surface area contributed by atoms with Gasteiger partial charge in [0.2, 0.25) is 5.91 Å². The maximum Gasteiger partial charge on any atom is 0.218 e. The van der Waals surface area contributed by atoms with E-state index in [1.807, 2.05) is 19.1 Å². The molecule has 0 heterocycles. The van der Waals surface area contributed by atoms with Crippen molar-refractivity contribution in [3.63, 3.8) is 0 Å². The van der Waals surface area contributed by atoms with Crippen molar-refractivity contribution in [1.82, 2.24) is 5.32 Å². The maximum absolute atomic E-state index is 10.5. The third kappa shape index (κ3) is 4.31. The Labute approximate surface area is 96.0 Å². The Balaban J connectivity index is 2.27. The van der Waals surface area contributed by atoms with Gasteiger partial charge in [-0.15, -0.1) is 0 Å². The standard InChI is InChI=1S/C12H19N3O/c1-9-8-10(2-3-11(9)13)4-6-15-7-5-12(14)16/h2-3,8,15H,4-7,13H2,1H3,(H2,14,16). The number of hydrogen-bond acceptors (Lipinski definition) is 3. The van der Waals surface area contributed by atoms with Crippen molar-refractivity contribution >= 4 is 11.6 Å². The summed E-state index contributed by atoms with van der Waals surface area (Å²) in [5, 5.41) is 3.17. The van der Waals surface area contributed by atoms with E-state index in [-0.39, 0.29) is 5.91 Å². The van der Waals surface area contributed by atoms with Gasteiger partial charge >= 0.3 is 0 Å². The van der Waals surface area contributed by atoms with Gasteiger partial charge < -0.3 is 16.8 Å². The first-order valence-electron chi connectivity index (χ1n) is 5.43. The topological polar surface area (TPSA) is 81.1 Å². The molecular formula is C12H19N3O. The Morgan fingerprint density at radius 1 is 1.38 bits per heavy atom. The Kier molecular flexibility index (Phi) is 4.79. The highest BCUT2D eigenvalue weighted by Gasteiger charge is 1.97. The van der Waals surface area contributed by atoms with Crippen LogP contribution in [-0.2, 0) is 11.2 Å². The van der Waals surface area contributed by atoms with Gasteiger partial charge in [-0.1, -0.05) is 12.1 Å². The van der Waals surface area contributed by atoms with Crippen molar-refractivity contribution in [2.75, 3.05) is 18.8 Å². The van der Waals surface area contributed by atoms with E-state index in [2.05, 4.69) is 11.4 Å². The Bertz CT molecular complexity index is 363. The highest BCUT2D eigenvalue weighted by Crippen LogP contribution is 2.12. The van der Waals surface area contributed by atoms with Crippen LogP contribution < -0.4 is 16.8 Å². The highest BCUT2D eigenvalue weighted by molar-refractivity contribution is 5.73. The fourth-order valence-corrected chi connectivity index (χ4v) is 1.46. The maximum atomic E-state index is 10.5. The lowest BCUT2D eigenvalue weighted by Gasteiger charge is -2.06. The second-order valence-corrected chi connectivity index (χ2v) is 3.91. The van der Waals surface area contributed by atoms with Crippen molar-refractivity contribution in [2.24, 2.45) is 5.73 Å². The van der Waals surface area contributed by atoms with Crippen LogP contribution in [0.5, 0.6) is 0 Å². The van der Waals surface area contributed by atoms with Crippen LogP contribution in [0.3, 0.4) is 0 Å². The summed E-state index contributed by atoms with van der Waals surface area (Å²) in [6.45, 7) is 3.49. The van der Waals surface area contributed by atoms with E-state index < -0.39 is 0 Å². The number of anilines is 1. The fourth-order valence-electron chi connectivity index (χ4n) is 1.46. The van der Waals surface area contributed by atoms with Gasteiger partial charge in [0.1, 0.15) is 0 Å². The van der Waals surface area contributed by atoms with Crippen LogP contribution in [0.2, 0.25) is 0 Å². The highest BCUT2D eigenvalue weighted by atomic mass is 16.1. The van der Waals surface area contributed by atoms with Crippen LogP contribution in [0.4, 0.5) is 5.69 Å². The molecule has 0 radical (unpaired) electrons. The molecular weight excluding hydrogens is 202 g/mol. The number of carbonyl (C=O) groups is 1. The van der Waals surface area contributed by atoms with Crippen molar-refractivity contribution in [2.45, 2.75) is 19.8 Å². The van der Waals surface area contributed by atoms with Gasteiger partial charge in [0.15, 0.2) is 0 Å². The summed E-state index contributed by atoms with van der Waals surface area (Å²) in [5.74, 6) is -0.268. The van der Waals surface area contributed by atoms with Crippen LogP contribution in [0.25, 0.3) is 0 Å². The number of hydrogen-bond donors (Lipinski definition) is 3. The number of nitrogens with two attached hydrogens (primary N) is 2. The second kappa shape index (κ2) is 6.12. The van der Waals surface area contributed by atoms with Gasteiger partial charge in [0.25, 0.3) is 0 Å². The van der Waals surface area contributed by atoms with E-state index in [1.54, 1.807) is 0 Å². The SMILES string of the molecule is Cc1cc(CCNCCC(N)=O)ccc1N. The van der Waals surface area contributed by atoms with Gasteiger partial charge in [-0.25, -0.2) is 0 Å². The second-order valence-electron chi connectivity index (χ2n) is 3.91. The molecule has 0 spiro atoms. The minimum atomic E-state index is -0.268. The minimum Gasteiger partial charge on any atom is -0.399 e. The van der Waals surface area contributed by atoms with E-state index in [0.717, 1.165) is 24.2 Å². The third-order valence-electron chi connectivity index (χ3n) is 2.47. The molecule has 1 rings (SSSR count). The third-order valence-corrected chi connectivity index (χ3v) is 2.47. The molecule has 0 bridgehead atoms. The molecule has 0 aromatic heterocycles. The molecule has 0 fully saturated rings. The molecule has 0 aliphatic rings. The molecule has 88 valence electrons. The number of nitrogen functional groups attached to an aromatic ring is 1. The number of rotatable bonds is 6. The van der Waals surface area contributed by atoms with Gasteiger partial charge in [0, 0.05) is 18.7 Å². The van der Waals surface area contributed by atoms with Crippen LogP contribution >= 0.6 is 0 Å². The number of amides is 1. The predicted molar refractivity (Wildman–Crippen MR) is 66.0 cm³/mol. The largest absolute Gasteiger partial charge is 0.399 e. The average molecular weight is 221 g/mol. The summed E-state index contributed by atoms with van der Waals surface area (Å²) in [4.78, 5) is 10.5. The predicted octanol–water partition coefficient (Wildman–Crippen LogP) is 0.585. The first-order valence-corrected chi connectivity index (χ1v) is 5.43. The zero-order valence-electron chi connectivity index (χ0n) is 9.62. The molecule has 0 saturated heterocycles. The molecule has 0 saturated carbocycles. The molecule has 0 aliphatic carbocycles. The van der Waals surface area contributed by atoms with Crippen LogP contribution in [0.15, 0.2) is 18.2 Å². The van der Waals surface area contributed by atoms with E-state index >= 15 is 0 Å². The molecule has 1 aromatic rings. The number of aryl methyl sites for hydroxylation is 1. The number of nitrogens with one attached hydrogen (secondary N) is 1. The Hall–Kier alpha value is -1.55. The molecule has 4 heteroatoms. The lowest BCUT2D eigenvalue weighted by molar-refractivity contribution is -0.117. The minimum absolute atomic E-state index is 0.268. The summed E-state index contributed by atoms with van der Waals surface area (Å²) < 4.78 is 0. The summed E-state index contributed by atoms with van der Waals surface area (Å²) in [7, 11) is 0. The normalized spacial score (nSPS) is 10.3. The molecule has 16 heavy (non-hydrogen) atoms. The quantitative estimate of drug-likeness (QED) is 0.485. The molecule has 5 N–H and O–H groups in total. The zero-order chi connectivity index (χ0) is 12.0. The number of carbonyl (C=O) groups excluding carboxylic acids is 1. The zero-order valence-corrected chi connectivity index (χ0v) is 9.62. The lowest BCUT2D eigenvalue weighted by Crippen LogP contribution is -2.23.